The summed E-state index contributed by atoms with van der Waals surface area (Å²) in [6, 6.07) is 12.3. The number of anilines is 1. The highest BCUT2D eigenvalue weighted by atomic mass is 19.4. The number of rotatable bonds is 6. The van der Waals surface area contributed by atoms with E-state index < -0.39 is 24.1 Å². The van der Waals surface area contributed by atoms with Gasteiger partial charge in [-0.15, -0.1) is 0 Å². The van der Waals surface area contributed by atoms with Crippen LogP contribution < -0.4 is 4.90 Å². The Balaban J connectivity index is 1.55. The van der Waals surface area contributed by atoms with Crippen LogP contribution >= 0.6 is 0 Å². The molecule has 1 aliphatic rings. The number of alkyl halides is 3. The van der Waals surface area contributed by atoms with Crippen molar-refractivity contribution in [2.75, 3.05) is 37.7 Å². The van der Waals surface area contributed by atoms with E-state index in [9.17, 15) is 22.8 Å². The van der Waals surface area contributed by atoms with Crippen LogP contribution in [-0.2, 0) is 15.8 Å². The molecule has 0 spiro atoms. The van der Waals surface area contributed by atoms with Gasteiger partial charge in [0.25, 0.3) is 0 Å². The first kappa shape index (κ1) is 23.3. The minimum Gasteiger partial charge on any atom is -0.388 e. The number of hydrogen-bond acceptors (Lipinski definition) is 4. The summed E-state index contributed by atoms with van der Waals surface area (Å²) in [5, 5.41) is 8.76. The van der Waals surface area contributed by atoms with E-state index in [0.717, 1.165) is 23.3 Å². The fourth-order valence-corrected chi connectivity index (χ4v) is 3.33. The van der Waals surface area contributed by atoms with Gasteiger partial charge in [-0.25, -0.2) is 0 Å². The SMILES string of the molecule is O=C(/C=C/c1cccc(/C=C/C(=O)N2CCN(c3ccc(C(F)(F)F)cc3)CC2)c1)CO. The van der Waals surface area contributed by atoms with E-state index in [2.05, 4.69) is 0 Å². The highest BCUT2D eigenvalue weighted by Gasteiger charge is 2.30. The number of ketones is 1. The number of benzene rings is 2. The number of piperazine rings is 1. The van der Waals surface area contributed by atoms with Gasteiger partial charge in [0.15, 0.2) is 5.78 Å². The van der Waals surface area contributed by atoms with E-state index in [1.165, 1.54) is 24.3 Å². The van der Waals surface area contributed by atoms with E-state index in [0.29, 0.717) is 31.9 Å². The van der Waals surface area contributed by atoms with Crippen molar-refractivity contribution in [3.63, 3.8) is 0 Å². The third kappa shape index (κ3) is 6.31. The molecule has 8 heteroatoms. The smallest absolute Gasteiger partial charge is 0.388 e. The summed E-state index contributed by atoms with van der Waals surface area (Å²) in [5.41, 5.74) is 1.58. The number of hydrogen-bond donors (Lipinski definition) is 1. The summed E-state index contributed by atoms with van der Waals surface area (Å²) in [6.07, 6.45) is 1.70. The van der Waals surface area contributed by atoms with Crippen LogP contribution in [0.3, 0.4) is 0 Å². The van der Waals surface area contributed by atoms with Crippen LogP contribution in [0.15, 0.2) is 60.7 Å². The second-order valence-corrected chi connectivity index (χ2v) is 7.32. The van der Waals surface area contributed by atoms with Gasteiger partial charge < -0.3 is 14.9 Å². The largest absolute Gasteiger partial charge is 0.416 e. The second kappa shape index (κ2) is 10.3. The van der Waals surface area contributed by atoms with Crippen LogP contribution in [0.2, 0.25) is 0 Å². The molecular weight excluding hydrogens is 421 g/mol. The molecule has 1 fully saturated rings. The van der Waals surface area contributed by atoms with Crippen LogP contribution in [0.5, 0.6) is 0 Å². The molecule has 0 radical (unpaired) electrons. The number of amides is 1. The van der Waals surface area contributed by atoms with E-state index in [1.807, 2.05) is 17.0 Å². The first-order valence-electron chi connectivity index (χ1n) is 10.1. The van der Waals surface area contributed by atoms with Gasteiger partial charge in [0, 0.05) is 37.9 Å². The van der Waals surface area contributed by atoms with Crippen molar-refractivity contribution in [1.82, 2.24) is 4.90 Å². The van der Waals surface area contributed by atoms with E-state index in [-0.39, 0.29) is 5.91 Å². The lowest BCUT2D eigenvalue weighted by atomic mass is 10.1. The molecule has 168 valence electrons. The monoisotopic (exact) mass is 444 g/mol. The Morgan fingerprint density at radius 1 is 0.906 bits per heavy atom. The fraction of sp³-hybridized carbons (Fsp3) is 0.250. The molecule has 5 nitrogen and oxygen atoms in total. The zero-order valence-electron chi connectivity index (χ0n) is 17.3. The molecule has 1 saturated heterocycles. The Morgan fingerprint density at radius 2 is 1.50 bits per heavy atom. The first-order chi connectivity index (χ1) is 15.3. The number of aliphatic hydroxyl groups excluding tert-OH is 1. The molecule has 0 bridgehead atoms. The highest BCUT2D eigenvalue weighted by Crippen LogP contribution is 2.30. The van der Waals surface area contributed by atoms with Crippen LogP contribution in [0.1, 0.15) is 16.7 Å². The molecule has 2 aromatic carbocycles. The number of halogens is 3. The minimum atomic E-state index is -4.36. The maximum absolute atomic E-state index is 12.7. The standard InChI is InChI=1S/C24H23F3N2O3/c25-24(26,27)20-6-8-21(9-7-20)28-12-14-29(15-13-28)23(32)11-5-19-3-1-2-18(16-19)4-10-22(31)17-30/h1-11,16,30H,12-15,17H2/b10-4+,11-5+. The molecule has 1 N–H and O–H groups in total. The second-order valence-electron chi connectivity index (χ2n) is 7.32. The van der Waals surface area contributed by atoms with Crippen LogP contribution in [0, 0.1) is 0 Å². The van der Waals surface area contributed by atoms with E-state index in [1.54, 1.807) is 29.2 Å². The summed E-state index contributed by atoms with van der Waals surface area (Å²) in [6.45, 7) is 1.46. The summed E-state index contributed by atoms with van der Waals surface area (Å²) in [7, 11) is 0. The molecule has 0 aromatic heterocycles. The van der Waals surface area contributed by atoms with Crippen LogP contribution in [-0.4, -0.2) is 54.5 Å². The lowest BCUT2D eigenvalue weighted by molar-refractivity contribution is -0.137. The fourth-order valence-electron chi connectivity index (χ4n) is 3.33. The van der Waals surface area contributed by atoms with Crippen LogP contribution in [0.25, 0.3) is 12.2 Å². The molecule has 2 aromatic rings. The van der Waals surface area contributed by atoms with Gasteiger partial charge in [0.2, 0.25) is 5.91 Å². The Kier molecular flexibility index (Phi) is 7.48. The lowest BCUT2D eigenvalue weighted by Gasteiger charge is -2.35. The van der Waals surface area contributed by atoms with Crippen molar-refractivity contribution in [3.8, 4) is 0 Å². The number of aliphatic hydroxyl groups is 1. The zero-order chi connectivity index (χ0) is 23.1. The lowest BCUT2D eigenvalue weighted by Crippen LogP contribution is -2.48. The van der Waals surface area contributed by atoms with E-state index >= 15 is 0 Å². The molecule has 1 heterocycles. The van der Waals surface area contributed by atoms with Crippen molar-refractivity contribution in [1.29, 1.82) is 0 Å². The third-order valence-electron chi connectivity index (χ3n) is 5.10. The average Bonchev–Trinajstić information content (AvgIpc) is 2.81. The van der Waals surface area contributed by atoms with E-state index in [4.69, 9.17) is 5.11 Å². The highest BCUT2D eigenvalue weighted by molar-refractivity contribution is 5.94. The Bertz CT molecular complexity index is 1010. The number of nitrogens with zero attached hydrogens (tertiary/aromatic N) is 2. The van der Waals surface area contributed by atoms with Gasteiger partial charge in [-0.2, -0.15) is 13.2 Å². The number of carbonyl (C=O) groups is 2. The molecule has 3 rings (SSSR count). The molecule has 0 unspecified atom stereocenters. The van der Waals surface area contributed by atoms with Crippen molar-refractivity contribution < 1.29 is 27.9 Å². The third-order valence-corrected chi connectivity index (χ3v) is 5.10. The van der Waals surface area contributed by atoms with Gasteiger partial charge >= 0.3 is 6.18 Å². The van der Waals surface area contributed by atoms with Gasteiger partial charge in [-0.05, 0) is 53.6 Å². The Hall–Kier alpha value is -3.39. The van der Waals surface area contributed by atoms with Gasteiger partial charge in [-0.1, -0.05) is 24.3 Å². The summed E-state index contributed by atoms with van der Waals surface area (Å²) < 4.78 is 38.1. The molecule has 1 amide bonds. The van der Waals surface area contributed by atoms with Crippen LogP contribution in [0.4, 0.5) is 18.9 Å². The van der Waals surface area contributed by atoms with Crippen molar-refractivity contribution in [2.24, 2.45) is 0 Å². The summed E-state index contributed by atoms with van der Waals surface area (Å²) in [5.74, 6) is -0.537. The van der Waals surface area contributed by atoms with Gasteiger partial charge in [0.1, 0.15) is 6.61 Å². The molecule has 0 aliphatic carbocycles. The molecular formula is C24H23F3N2O3. The van der Waals surface area contributed by atoms with Crippen molar-refractivity contribution in [3.05, 3.63) is 77.4 Å². The maximum Gasteiger partial charge on any atom is 0.416 e. The quantitative estimate of drug-likeness (QED) is 0.692. The normalized spacial score (nSPS) is 15.0. The first-order valence-corrected chi connectivity index (χ1v) is 10.1. The number of carbonyl (C=O) groups excluding carboxylic acids is 2. The minimum absolute atomic E-state index is 0.145. The summed E-state index contributed by atoms with van der Waals surface area (Å²) >= 11 is 0. The van der Waals surface area contributed by atoms with Crippen molar-refractivity contribution in [2.45, 2.75) is 6.18 Å². The molecule has 0 saturated carbocycles. The van der Waals surface area contributed by atoms with Gasteiger partial charge in [0.05, 0.1) is 5.56 Å². The van der Waals surface area contributed by atoms with Crippen molar-refractivity contribution >= 4 is 29.5 Å². The molecule has 32 heavy (non-hydrogen) atoms. The predicted octanol–water partition coefficient (Wildman–Crippen LogP) is 3.64. The molecule has 0 atom stereocenters. The Labute approximate surface area is 184 Å². The maximum atomic E-state index is 12.7. The van der Waals surface area contributed by atoms with Gasteiger partial charge in [-0.3, -0.25) is 9.59 Å². The Morgan fingerprint density at radius 3 is 2.06 bits per heavy atom. The predicted molar refractivity (Wildman–Crippen MR) is 117 cm³/mol. The summed E-state index contributed by atoms with van der Waals surface area (Å²) in [4.78, 5) is 27.3. The zero-order valence-corrected chi connectivity index (χ0v) is 17.3. The topological polar surface area (TPSA) is 60.9 Å². The average molecular weight is 444 g/mol. The molecule has 1 aliphatic heterocycles.